The van der Waals surface area contributed by atoms with Crippen LogP contribution in [0.1, 0.15) is 0 Å². The van der Waals surface area contributed by atoms with Crippen molar-refractivity contribution >= 4 is 63.8 Å². The molecular formula is C42H26S. The summed E-state index contributed by atoms with van der Waals surface area (Å²) in [6, 6.07) is 57.9. The molecule has 200 valence electrons. The summed E-state index contributed by atoms with van der Waals surface area (Å²) in [7, 11) is 0. The first-order chi connectivity index (χ1) is 21.3. The minimum Gasteiger partial charge on any atom is -0.135 e. The van der Waals surface area contributed by atoms with Crippen molar-refractivity contribution in [2.24, 2.45) is 0 Å². The van der Waals surface area contributed by atoms with Crippen molar-refractivity contribution in [2.45, 2.75) is 0 Å². The lowest BCUT2D eigenvalue weighted by molar-refractivity contribution is 1.64. The van der Waals surface area contributed by atoms with E-state index in [9.17, 15) is 0 Å². The van der Waals surface area contributed by atoms with Gasteiger partial charge >= 0.3 is 0 Å². The maximum Gasteiger partial charge on any atom is 0.0434 e. The molecule has 1 aromatic heterocycles. The summed E-state index contributed by atoms with van der Waals surface area (Å²) in [5.41, 5.74) is 7.67. The molecule has 1 heterocycles. The van der Waals surface area contributed by atoms with Crippen molar-refractivity contribution in [3.8, 4) is 33.4 Å². The van der Waals surface area contributed by atoms with Crippen LogP contribution in [-0.2, 0) is 0 Å². The quantitative estimate of drug-likeness (QED) is 0.188. The predicted molar refractivity (Wildman–Crippen MR) is 188 cm³/mol. The van der Waals surface area contributed by atoms with Crippen LogP contribution in [0.15, 0.2) is 158 Å². The van der Waals surface area contributed by atoms with Crippen LogP contribution in [-0.4, -0.2) is 0 Å². The van der Waals surface area contributed by atoms with Gasteiger partial charge in [-0.15, -0.1) is 11.3 Å². The number of fused-ring (bicyclic) bond motifs is 6. The Bertz CT molecular complexity index is 2440. The van der Waals surface area contributed by atoms with E-state index in [1.165, 1.54) is 85.9 Å². The molecule has 8 aromatic carbocycles. The third-order valence-electron chi connectivity index (χ3n) is 8.84. The number of hydrogen-bond donors (Lipinski definition) is 0. The number of benzene rings is 8. The van der Waals surface area contributed by atoms with Gasteiger partial charge in [0, 0.05) is 25.7 Å². The van der Waals surface area contributed by atoms with E-state index < -0.39 is 0 Å². The van der Waals surface area contributed by atoms with Gasteiger partial charge in [-0.2, -0.15) is 0 Å². The van der Waals surface area contributed by atoms with Crippen molar-refractivity contribution in [3.05, 3.63) is 158 Å². The lowest BCUT2D eigenvalue weighted by Gasteiger charge is -2.18. The van der Waals surface area contributed by atoms with E-state index in [1.807, 2.05) is 11.3 Å². The fourth-order valence-electron chi connectivity index (χ4n) is 6.89. The average molecular weight is 563 g/mol. The Morgan fingerprint density at radius 2 is 0.860 bits per heavy atom. The minimum atomic E-state index is 1.25. The summed E-state index contributed by atoms with van der Waals surface area (Å²) in [6.45, 7) is 0. The van der Waals surface area contributed by atoms with Crippen LogP contribution in [0.5, 0.6) is 0 Å². The standard InChI is InChI=1S/C42H26S/c1-2-11-27(12-3-1)28-21-22-30-26-31(24-23-29(30)25-28)40-33-14-4-6-16-35(33)41(36-17-7-5-15-34(36)40)38-19-10-18-37-32-13-8-9-20-39(32)43-42(37)38/h1-26H. The van der Waals surface area contributed by atoms with Crippen molar-refractivity contribution in [1.29, 1.82) is 0 Å². The molecular weight excluding hydrogens is 537 g/mol. The Balaban J connectivity index is 1.32. The zero-order chi connectivity index (χ0) is 28.3. The van der Waals surface area contributed by atoms with Gasteiger partial charge in [0.05, 0.1) is 0 Å². The number of thiophene rings is 1. The molecule has 0 saturated carbocycles. The molecule has 0 spiro atoms. The van der Waals surface area contributed by atoms with E-state index in [0.717, 1.165) is 0 Å². The molecule has 0 nitrogen and oxygen atoms in total. The molecule has 43 heavy (non-hydrogen) atoms. The third-order valence-corrected chi connectivity index (χ3v) is 10.1. The molecule has 9 aromatic rings. The van der Waals surface area contributed by atoms with Crippen LogP contribution in [0.2, 0.25) is 0 Å². The molecule has 0 saturated heterocycles. The van der Waals surface area contributed by atoms with Crippen LogP contribution in [0, 0.1) is 0 Å². The van der Waals surface area contributed by atoms with E-state index in [0.29, 0.717) is 0 Å². The van der Waals surface area contributed by atoms with Gasteiger partial charge in [-0.25, -0.2) is 0 Å². The van der Waals surface area contributed by atoms with Crippen molar-refractivity contribution in [3.63, 3.8) is 0 Å². The fourth-order valence-corrected chi connectivity index (χ4v) is 8.11. The molecule has 0 amide bonds. The van der Waals surface area contributed by atoms with Crippen molar-refractivity contribution in [1.82, 2.24) is 0 Å². The highest BCUT2D eigenvalue weighted by Crippen LogP contribution is 2.48. The Labute approximate surface area is 254 Å². The second kappa shape index (κ2) is 9.66. The normalized spacial score (nSPS) is 11.7. The van der Waals surface area contributed by atoms with E-state index in [2.05, 4.69) is 158 Å². The van der Waals surface area contributed by atoms with Gasteiger partial charge in [-0.3, -0.25) is 0 Å². The highest BCUT2D eigenvalue weighted by atomic mass is 32.1. The monoisotopic (exact) mass is 562 g/mol. The van der Waals surface area contributed by atoms with Gasteiger partial charge < -0.3 is 0 Å². The predicted octanol–water partition coefficient (Wildman–Crippen LogP) is 12.5. The molecule has 0 aliphatic heterocycles. The molecule has 0 unspecified atom stereocenters. The Morgan fingerprint density at radius 1 is 0.326 bits per heavy atom. The molecule has 0 aliphatic carbocycles. The fraction of sp³-hybridized carbons (Fsp3) is 0. The lowest BCUT2D eigenvalue weighted by Crippen LogP contribution is -1.91. The summed E-state index contributed by atoms with van der Waals surface area (Å²) in [5, 5.41) is 10.3. The van der Waals surface area contributed by atoms with Crippen LogP contribution in [0.25, 0.3) is 85.9 Å². The highest BCUT2D eigenvalue weighted by Gasteiger charge is 2.19. The van der Waals surface area contributed by atoms with Crippen molar-refractivity contribution < 1.29 is 0 Å². The summed E-state index contributed by atoms with van der Waals surface area (Å²) in [6.07, 6.45) is 0. The Morgan fingerprint density at radius 3 is 1.56 bits per heavy atom. The van der Waals surface area contributed by atoms with Gasteiger partial charge in [0.2, 0.25) is 0 Å². The molecule has 9 rings (SSSR count). The smallest absolute Gasteiger partial charge is 0.0434 e. The largest absolute Gasteiger partial charge is 0.135 e. The zero-order valence-corrected chi connectivity index (χ0v) is 24.2. The molecule has 0 radical (unpaired) electrons. The minimum absolute atomic E-state index is 1.25. The van der Waals surface area contributed by atoms with Crippen LogP contribution >= 0.6 is 11.3 Å². The Kier molecular flexibility index (Phi) is 5.47. The van der Waals surface area contributed by atoms with E-state index >= 15 is 0 Å². The molecule has 1 heteroatoms. The maximum absolute atomic E-state index is 2.37. The molecule has 0 aliphatic rings. The second-order valence-electron chi connectivity index (χ2n) is 11.3. The molecule has 0 bridgehead atoms. The van der Waals surface area contributed by atoms with E-state index in [1.54, 1.807) is 0 Å². The number of rotatable bonds is 3. The Hall–Kier alpha value is -5.24. The van der Waals surface area contributed by atoms with E-state index in [4.69, 9.17) is 0 Å². The summed E-state index contributed by atoms with van der Waals surface area (Å²) < 4.78 is 2.69. The van der Waals surface area contributed by atoms with Crippen LogP contribution < -0.4 is 0 Å². The van der Waals surface area contributed by atoms with Gasteiger partial charge in [-0.1, -0.05) is 140 Å². The van der Waals surface area contributed by atoms with Crippen molar-refractivity contribution in [2.75, 3.05) is 0 Å². The first kappa shape index (κ1) is 24.4. The number of hydrogen-bond acceptors (Lipinski definition) is 1. The SMILES string of the molecule is c1ccc(-c2ccc3cc(-c4c5ccccc5c(-c5cccc6c5sc5ccccc56)c5ccccc45)ccc3c2)cc1. The highest BCUT2D eigenvalue weighted by molar-refractivity contribution is 7.26. The average Bonchev–Trinajstić information content (AvgIpc) is 3.46. The summed E-state index contributed by atoms with van der Waals surface area (Å²) in [4.78, 5) is 0. The first-order valence-corrected chi connectivity index (χ1v) is 15.6. The molecule has 0 fully saturated rings. The van der Waals surface area contributed by atoms with Gasteiger partial charge in [0.1, 0.15) is 0 Å². The summed E-state index contributed by atoms with van der Waals surface area (Å²) in [5.74, 6) is 0. The van der Waals surface area contributed by atoms with Gasteiger partial charge in [0.15, 0.2) is 0 Å². The topological polar surface area (TPSA) is 0 Å². The molecule has 0 atom stereocenters. The summed E-state index contributed by atoms with van der Waals surface area (Å²) >= 11 is 1.90. The maximum atomic E-state index is 2.37. The van der Waals surface area contributed by atoms with Crippen LogP contribution in [0.4, 0.5) is 0 Å². The first-order valence-electron chi connectivity index (χ1n) is 14.8. The zero-order valence-electron chi connectivity index (χ0n) is 23.4. The second-order valence-corrected chi connectivity index (χ2v) is 12.3. The third kappa shape index (κ3) is 3.82. The molecule has 0 N–H and O–H groups in total. The van der Waals surface area contributed by atoms with E-state index in [-0.39, 0.29) is 0 Å². The van der Waals surface area contributed by atoms with Gasteiger partial charge in [0.25, 0.3) is 0 Å². The van der Waals surface area contributed by atoms with Crippen LogP contribution in [0.3, 0.4) is 0 Å². The lowest BCUT2D eigenvalue weighted by atomic mass is 9.85. The van der Waals surface area contributed by atoms with Gasteiger partial charge in [-0.05, 0) is 78.3 Å².